The van der Waals surface area contributed by atoms with Crippen LogP contribution in [0.3, 0.4) is 0 Å². The third-order valence-corrected chi connectivity index (χ3v) is 7.47. The highest BCUT2D eigenvalue weighted by Crippen LogP contribution is 2.46. The van der Waals surface area contributed by atoms with Crippen LogP contribution in [0.1, 0.15) is 102 Å². The third-order valence-electron chi connectivity index (χ3n) is 7.47. The zero-order valence-corrected chi connectivity index (χ0v) is 21.4. The molecule has 1 heterocycles. The average molecular weight is 474 g/mol. The van der Waals surface area contributed by atoms with Gasteiger partial charge in [-0.2, -0.15) is 0 Å². The zero-order valence-electron chi connectivity index (χ0n) is 21.4. The van der Waals surface area contributed by atoms with Gasteiger partial charge in [0.2, 0.25) is 5.78 Å². The molecule has 1 unspecified atom stereocenters. The molecular formula is C30H35NO4. The molecule has 1 amide bonds. The Morgan fingerprint density at radius 2 is 1.49 bits per heavy atom. The number of ketones is 1. The predicted octanol–water partition coefficient (Wildman–Crippen LogP) is 6.02. The van der Waals surface area contributed by atoms with E-state index in [4.69, 9.17) is 4.42 Å². The molecule has 0 aliphatic heterocycles. The molecule has 0 saturated carbocycles. The molecule has 1 aliphatic rings. The van der Waals surface area contributed by atoms with Crippen LogP contribution in [0.5, 0.6) is 0 Å². The summed E-state index contributed by atoms with van der Waals surface area (Å²) in [6.45, 7) is 12.7. The van der Waals surface area contributed by atoms with E-state index in [1.165, 1.54) is 17.2 Å². The number of carbonyl (C=O) groups excluding carboxylic acids is 2. The van der Waals surface area contributed by atoms with E-state index in [9.17, 15) is 14.7 Å². The highest BCUT2D eigenvalue weighted by molar-refractivity contribution is 6.09. The molecule has 1 aromatic heterocycles. The molecule has 5 nitrogen and oxygen atoms in total. The number of hydrogen-bond donors (Lipinski definition) is 2. The maximum Gasteiger partial charge on any atom is 0.287 e. The van der Waals surface area contributed by atoms with E-state index in [1.54, 1.807) is 25.1 Å². The van der Waals surface area contributed by atoms with Crippen molar-refractivity contribution in [3.63, 3.8) is 0 Å². The van der Waals surface area contributed by atoms with E-state index in [0.717, 1.165) is 18.4 Å². The number of fused-ring (bicyclic) bond motifs is 1. The van der Waals surface area contributed by atoms with E-state index in [0.29, 0.717) is 11.1 Å². The largest absolute Gasteiger partial charge is 0.447 e. The van der Waals surface area contributed by atoms with Crippen molar-refractivity contribution in [1.82, 2.24) is 5.32 Å². The van der Waals surface area contributed by atoms with Gasteiger partial charge in [-0.15, -0.1) is 0 Å². The number of rotatable bonds is 6. The van der Waals surface area contributed by atoms with Crippen LogP contribution in [0.2, 0.25) is 0 Å². The number of hydrogen-bond acceptors (Lipinski definition) is 4. The molecule has 184 valence electrons. The van der Waals surface area contributed by atoms with Crippen molar-refractivity contribution in [2.45, 2.75) is 77.4 Å². The van der Waals surface area contributed by atoms with Crippen LogP contribution in [0, 0.1) is 6.92 Å². The second-order valence-corrected chi connectivity index (χ2v) is 11.1. The van der Waals surface area contributed by atoms with Crippen molar-refractivity contribution in [3.8, 4) is 0 Å². The van der Waals surface area contributed by atoms with Crippen molar-refractivity contribution in [2.24, 2.45) is 0 Å². The van der Waals surface area contributed by atoms with Gasteiger partial charge >= 0.3 is 0 Å². The van der Waals surface area contributed by atoms with Gasteiger partial charge in [0.05, 0.1) is 12.1 Å². The first-order valence-corrected chi connectivity index (χ1v) is 12.2. The minimum Gasteiger partial charge on any atom is -0.447 e. The molecule has 2 atom stereocenters. The van der Waals surface area contributed by atoms with Crippen molar-refractivity contribution >= 4 is 11.7 Å². The summed E-state index contributed by atoms with van der Waals surface area (Å²) >= 11 is 0. The normalized spacial score (nSPS) is 17.8. The van der Waals surface area contributed by atoms with Gasteiger partial charge in [-0.1, -0.05) is 64.1 Å². The number of furan rings is 1. The molecule has 5 heteroatoms. The minimum atomic E-state index is -0.859. The topological polar surface area (TPSA) is 79.5 Å². The Bertz CT molecular complexity index is 1250. The van der Waals surface area contributed by atoms with Gasteiger partial charge in [0.15, 0.2) is 11.5 Å². The lowest BCUT2D eigenvalue weighted by atomic mass is 9.62. The van der Waals surface area contributed by atoms with Crippen LogP contribution in [0.4, 0.5) is 0 Å². The Morgan fingerprint density at radius 3 is 2.11 bits per heavy atom. The summed E-state index contributed by atoms with van der Waals surface area (Å²) in [5.74, 6) is -0.544. The van der Waals surface area contributed by atoms with Gasteiger partial charge in [0.1, 0.15) is 0 Å². The van der Waals surface area contributed by atoms with Crippen LogP contribution in [0.25, 0.3) is 0 Å². The standard InChI is InChI=1S/C30H35NO4/c1-18-16-22-23(30(5,6)15-14-29(22,3)4)17-21(18)27(33)24-12-13-25(35-24)28(34)31-19(2)26(32)20-10-8-7-9-11-20/h7-13,16-17,19,26,32H,14-15H2,1-6H3,(H,31,34)/t19?,26-/m1/s1. The molecule has 0 radical (unpaired) electrons. The number of nitrogens with one attached hydrogen (secondary N) is 1. The molecule has 1 aliphatic carbocycles. The van der Waals surface area contributed by atoms with Crippen LogP contribution >= 0.6 is 0 Å². The van der Waals surface area contributed by atoms with Crippen molar-refractivity contribution in [2.75, 3.05) is 0 Å². The molecule has 0 fully saturated rings. The Balaban J connectivity index is 1.55. The monoisotopic (exact) mass is 473 g/mol. The lowest BCUT2D eigenvalue weighted by molar-refractivity contribution is 0.0823. The first-order chi connectivity index (χ1) is 16.4. The summed E-state index contributed by atoms with van der Waals surface area (Å²) in [6, 6.07) is 15.8. The fraction of sp³-hybridized carbons (Fsp3) is 0.400. The number of amides is 1. The highest BCUT2D eigenvalue weighted by Gasteiger charge is 2.38. The maximum absolute atomic E-state index is 13.4. The highest BCUT2D eigenvalue weighted by atomic mass is 16.4. The summed E-state index contributed by atoms with van der Waals surface area (Å²) in [5.41, 5.74) is 4.77. The minimum absolute atomic E-state index is 0.0163. The van der Waals surface area contributed by atoms with E-state index >= 15 is 0 Å². The van der Waals surface area contributed by atoms with Crippen molar-refractivity contribution in [1.29, 1.82) is 0 Å². The Morgan fingerprint density at radius 1 is 0.914 bits per heavy atom. The summed E-state index contributed by atoms with van der Waals surface area (Å²) in [4.78, 5) is 26.2. The summed E-state index contributed by atoms with van der Waals surface area (Å²) in [7, 11) is 0. The molecule has 2 N–H and O–H groups in total. The summed E-state index contributed by atoms with van der Waals surface area (Å²) in [6.07, 6.45) is 1.30. The number of aryl methyl sites for hydroxylation is 1. The fourth-order valence-electron chi connectivity index (χ4n) is 4.98. The molecule has 2 aromatic carbocycles. The fourth-order valence-corrected chi connectivity index (χ4v) is 4.98. The lowest BCUT2D eigenvalue weighted by Crippen LogP contribution is -2.36. The van der Waals surface area contributed by atoms with E-state index in [2.05, 4.69) is 39.1 Å². The number of aliphatic hydroxyl groups excluding tert-OH is 1. The van der Waals surface area contributed by atoms with Gasteiger partial charge in [-0.3, -0.25) is 9.59 Å². The van der Waals surface area contributed by atoms with Crippen LogP contribution < -0.4 is 5.32 Å². The van der Waals surface area contributed by atoms with Gasteiger partial charge in [0, 0.05) is 5.56 Å². The molecule has 3 aromatic rings. The van der Waals surface area contributed by atoms with Gasteiger partial charge in [-0.05, 0) is 78.0 Å². The molecule has 0 bridgehead atoms. The average Bonchev–Trinajstić information content (AvgIpc) is 3.32. The number of aliphatic hydroxyl groups is 1. The molecule has 0 saturated heterocycles. The lowest BCUT2D eigenvalue weighted by Gasteiger charge is -2.42. The Labute approximate surface area is 207 Å². The van der Waals surface area contributed by atoms with Crippen LogP contribution in [0.15, 0.2) is 59.0 Å². The second kappa shape index (κ2) is 9.12. The SMILES string of the molecule is Cc1cc2c(cc1C(=O)c1ccc(C(=O)NC(C)[C@@H](O)c3ccccc3)o1)C(C)(C)CCC2(C)C. The van der Waals surface area contributed by atoms with E-state index in [1.807, 2.05) is 31.2 Å². The van der Waals surface area contributed by atoms with Crippen LogP contribution in [-0.4, -0.2) is 22.8 Å². The van der Waals surface area contributed by atoms with Crippen molar-refractivity contribution in [3.05, 3.63) is 93.9 Å². The summed E-state index contributed by atoms with van der Waals surface area (Å²) < 4.78 is 5.70. The molecular weight excluding hydrogens is 438 g/mol. The van der Waals surface area contributed by atoms with Crippen LogP contribution in [-0.2, 0) is 10.8 Å². The van der Waals surface area contributed by atoms with E-state index in [-0.39, 0.29) is 28.1 Å². The Kier molecular flexibility index (Phi) is 6.50. The quantitative estimate of drug-likeness (QED) is 0.429. The zero-order chi connectivity index (χ0) is 25.5. The van der Waals surface area contributed by atoms with Crippen molar-refractivity contribution < 1.29 is 19.1 Å². The van der Waals surface area contributed by atoms with Gasteiger partial charge in [0.25, 0.3) is 5.91 Å². The second-order valence-electron chi connectivity index (χ2n) is 11.1. The number of carbonyl (C=O) groups is 2. The third kappa shape index (κ3) is 4.83. The predicted molar refractivity (Wildman–Crippen MR) is 137 cm³/mol. The molecule has 0 spiro atoms. The molecule has 35 heavy (non-hydrogen) atoms. The summed E-state index contributed by atoms with van der Waals surface area (Å²) in [5, 5.41) is 13.3. The maximum atomic E-state index is 13.4. The Hall–Kier alpha value is -3.18. The first-order valence-electron chi connectivity index (χ1n) is 12.2. The molecule has 4 rings (SSSR count). The number of benzene rings is 2. The van der Waals surface area contributed by atoms with E-state index < -0.39 is 18.1 Å². The van der Waals surface area contributed by atoms with Gasteiger partial charge < -0.3 is 14.8 Å². The van der Waals surface area contributed by atoms with Gasteiger partial charge in [-0.25, -0.2) is 0 Å². The first kappa shape index (κ1) is 24.9. The smallest absolute Gasteiger partial charge is 0.287 e.